The molecule has 0 saturated carbocycles. The van der Waals surface area contributed by atoms with Crippen LogP contribution in [-0.4, -0.2) is 4.98 Å². The van der Waals surface area contributed by atoms with Crippen LogP contribution in [0.4, 0.5) is 5.82 Å². The number of hydrazine groups is 1. The molecule has 1 aromatic heterocycles. The lowest BCUT2D eigenvalue weighted by Gasteiger charge is -2.03. The zero-order valence-corrected chi connectivity index (χ0v) is 9.92. The summed E-state index contributed by atoms with van der Waals surface area (Å²) in [5.41, 5.74) is 2.51. The average Bonchev–Trinajstić information content (AvgIpc) is 2.29. The number of aromatic nitrogens is 1. The maximum atomic E-state index is 5.90. The molecule has 0 radical (unpaired) electrons. The zero-order valence-electron chi connectivity index (χ0n) is 8.35. The zero-order chi connectivity index (χ0) is 11.4. The molecule has 0 saturated heterocycles. The van der Waals surface area contributed by atoms with E-state index < -0.39 is 0 Å². The highest BCUT2D eigenvalue weighted by Crippen LogP contribution is 2.28. The molecule has 2 rings (SSSR count). The van der Waals surface area contributed by atoms with Crippen LogP contribution < -0.4 is 11.3 Å². The Balaban J connectivity index is 2.20. The molecular formula is C11H10ClN3S. The molecule has 0 aliphatic carbocycles. The van der Waals surface area contributed by atoms with Gasteiger partial charge in [-0.05, 0) is 30.3 Å². The monoisotopic (exact) mass is 251 g/mol. The fraction of sp³-hybridized carbons (Fsp3) is 0. The van der Waals surface area contributed by atoms with Gasteiger partial charge < -0.3 is 5.43 Å². The Hall–Kier alpha value is -1.23. The lowest BCUT2D eigenvalue weighted by atomic mass is 10.4. The van der Waals surface area contributed by atoms with Gasteiger partial charge in [0.15, 0.2) is 0 Å². The molecule has 0 aliphatic heterocycles. The van der Waals surface area contributed by atoms with Crippen molar-refractivity contribution in [3.8, 4) is 0 Å². The average molecular weight is 252 g/mol. The lowest BCUT2D eigenvalue weighted by Crippen LogP contribution is -2.08. The number of hydrogen-bond donors (Lipinski definition) is 2. The van der Waals surface area contributed by atoms with E-state index in [2.05, 4.69) is 10.4 Å². The van der Waals surface area contributed by atoms with E-state index in [9.17, 15) is 0 Å². The number of nitrogens with zero attached hydrogens (tertiary/aromatic N) is 1. The molecule has 16 heavy (non-hydrogen) atoms. The standard InChI is InChI=1S/C11H10ClN3S/c12-8-3-1-4-9(7-8)16-11-6-2-5-10(14-11)15-13/h1-7H,13H2,(H,14,15). The SMILES string of the molecule is NNc1cccc(Sc2cccc(Cl)c2)n1. The predicted octanol–water partition coefficient (Wildman–Crippen LogP) is 3.17. The smallest absolute Gasteiger partial charge is 0.141 e. The van der Waals surface area contributed by atoms with Crippen LogP contribution in [0.2, 0.25) is 5.02 Å². The highest BCUT2D eigenvalue weighted by Gasteiger charge is 2.00. The van der Waals surface area contributed by atoms with Gasteiger partial charge in [-0.25, -0.2) is 10.8 Å². The fourth-order valence-electron chi connectivity index (χ4n) is 1.20. The largest absolute Gasteiger partial charge is 0.308 e. The number of halogens is 1. The van der Waals surface area contributed by atoms with Crippen LogP contribution in [0.3, 0.4) is 0 Å². The molecule has 0 spiro atoms. The van der Waals surface area contributed by atoms with Gasteiger partial charge in [-0.1, -0.05) is 35.5 Å². The maximum absolute atomic E-state index is 5.90. The van der Waals surface area contributed by atoms with Crippen molar-refractivity contribution in [3.05, 3.63) is 47.5 Å². The van der Waals surface area contributed by atoms with Crippen molar-refractivity contribution < 1.29 is 0 Å². The van der Waals surface area contributed by atoms with Crippen LogP contribution >= 0.6 is 23.4 Å². The molecule has 5 heteroatoms. The second kappa shape index (κ2) is 5.21. The van der Waals surface area contributed by atoms with E-state index in [-0.39, 0.29) is 0 Å². The van der Waals surface area contributed by atoms with Crippen LogP contribution in [0.25, 0.3) is 0 Å². The summed E-state index contributed by atoms with van der Waals surface area (Å²) in [5, 5.41) is 1.59. The molecular weight excluding hydrogens is 242 g/mol. The van der Waals surface area contributed by atoms with Crippen molar-refractivity contribution in [3.63, 3.8) is 0 Å². The number of benzene rings is 1. The number of nitrogens with two attached hydrogens (primary N) is 1. The third-order valence-electron chi connectivity index (χ3n) is 1.89. The molecule has 1 heterocycles. The van der Waals surface area contributed by atoms with Crippen molar-refractivity contribution in [2.75, 3.05) is 5.43 Å². The van der Waals surface area contributed by atoms with Gasteiger partial charge in [0.25, 0.3) is 0 Å². The van der Waals surface area contributed by atoms with E-state index in [1.54, 1.807) is 11.8 Å². The summed E-state index contributed by atoms with van der Waals surface area (Å²) in [7, 11) is 0. The van der Waals surface area contributed by atoms with E-state index >= 15 is 0 Å². The lowest BCUT2D eigenvalue weighted by molar-refractivity contribution is 1.11. The molecule has 82 valence electrons. The van der Waals surface area contributed by atoms with Crippen LogP contribution in [0.15, 0.2) is 52.4 Å². The molecule has 0 fully saturated rings. The van der Waals surface area contributed by atoms with Gasteiger partial charge >= 0.3 is 0 Å². The van der Waals surface area contributed by atoms with Crippen LogP contribution in [0.5, 0.6) is 0 Å². The molecule has 2 aromatic rings. The Kier molecular flexibility index (Phi) is 3.66. The molecule has 0 unspecified atom stereocenters. The van der Waals surface area contributed by atoms with Gasteiger partial charge in [-0.2, -0.15) is 0 Å². The minimum absolute atomic E-state index is 0.645. The molecule has 0 aliphatic rings. The quantitative estimate of drug-likeness (QED) is 0.650. The van der Waals surface area contributed by atoms with Crippen LogP contribution in [0, 0.1) is 0 Å². The molecule has 0 amide bonds. The molecule has 0 bridgehead atoms. The first-order chi connectivity index (χ1) is 7.78. The van der Waals surface area contributed by atoms with Gasteiger partial charge in [0, 0.05) is 9.92 Å². The summed E-state index contributed by atoms with van der Waals surface area (Å²) in [4.78, 5) is 5.35. The van der Waals surface area contributed by atoms with Crippen molar-refractivity contribution in [1.82, 2.24) is 4.98 Å². The third-order valence-corrected chi connectivity index (χ3v) is 3.05. The molecule has 1 aromatic carbocycles. The number of anilines is 1. The Morgan fingerprint density at radius 1 is 1.19 bits per heavy atom. The summed E-state index contributed by atoms with van der Waals surface area (Å²) in [6.45, 7) is 0. The third kappa shape index (κ3) is 2.88. The van der Waals surface area contributed by atoms with E-state index in [1.807, 2.05) is 42.5 Å². The number of nitrogens with one attached hydrogen (secondary N) is 1. The topological polar surface area (TPSA) is 50.9 Å². The fourth-order valence-corrected chi connectivity index (χ4v) is 2.32. The Morgan fingerprint density at radius 2 is 2.00 bits per heavy atom. The first kappa shape index (κ1) is 11.3. The summed E-state index contributed by atoms with van der Waals surface area (Å²) in [6, 6.07) is 13.3. The summed E-state index contributed by atoms with van der Waals surface area (Å²) in [6.07, 6.45) is 0. The predicted molar refractivity (Wildman–Crippen MR) is 67.6 cm³/mol. The van der Waals surface area contributed by atoms with Crippen LogP contribution in [-0.2, 0) is 0 Å². The van der Waals surface area contributed by atoms with Gasteiger partial charge in [0.05, 0.1) is 0 Å². The normalized spacial score (nSPS) is 10.1. The number of nitrogen functional groups attached to an aromatic ring is 1. The van der Waals surface area contributed by atoms with Gasteiger partial charge in [0.1, 0.15) is 10.8 Å². The number of rotatable bonds is 3. The van der Waals surface area contributed by atoms with E-state index in [1.165, 1.54) is 0 Å². The van der Waals surface area contributed by atoms with Gasteiger partial charge in [-0.3, -0.25) is 0 Å². The summed E-state index contributed by atoms with van der Waals surface area (Å²) < 4.78 is 0. The Bertz CT molecular complexity index is 490. The Labute approximate surface area is 103 Å². The number of hydrogen-bond acceptors (Lipinski definition) is 4. The second-order valence-electron chi connectivity index (χ2n) is 3.06. The van der Waals surface area contributed by atoms with Crippen LogP contribution in [0.1, 0.15) is 0 Å². The first-order valence-corrected chi connectivity index (χ1v) is 5.84. The number of pyridine rings is 1. The van der Waals surface area contributed by atoms with Gasteiger partial charge in [-0.15, -0.1) is 0 Å². The first-order valence-electron chi connectivity index (χ1n) is 4.65. The highest BCUT2D eigenvalue weighted by molar-refractivity contribution is 7.99. The van der Waals surface area contributed by atoms with Crippen molar-refractivity contribution >= 4 is 29.2 Å². The minimum atomic E-state index is 0.645. The molecule has 3 N–H and O–H groups in total. The highest BCUT2D eigenvalue weighted by atomic mass is 35.5. The second-order valence-corrected chi connectivity index (χ2v) is 4.60. The molecule has 0 atom stereocenters. The Morgan fingerprint density at radius 3 is 2.75 bits per heavy atom. The van der Waals surface area contributed by atoms with Crippen molar-refractivity contribution in [2.24, 2.45) is 5.84 Å². The van der Waals surface area contributed by atoms with Crippen molar-refractivity contribution in [2.45, 2.75) is 9.92 Å². The summed E-state index contributed by atoms with van der Waals surface area (Å²) >= 11 is 7.44. The van der Waals surface area contributed by atoms with E-state index in [4.69, 9.17) is 17.4 Å². The van der Waals surface area contributed by atoms with E-state index in [0.29, 0.717) is 5.82 Å². The maximum Gasteiger partial charge on any atom is 0.141 e. The summed E-state index contributed by atoms with van der Waals surface area (Å²) in [5.74, 6) is 5.94. The van der Waals surface area contributed by atoms with E-state index in [0.717, 1.165) is 14.9 Å². The molecule has 3 nitrogen and oxygen atoms in total. The van der Waals surface area contributed by atoms with Crippen molar-refractivity contribution in [1.29, 1.82) is 0 Å². The van der Waals surface area contributed by atoms with Gasteiger partial charge in [0.2, 0.25) is 0 Å². The minimum Gasteiger partial charge on any atom is -0.308 e.